The number of carboxylic acids is 1. The van der Waals surface area contributed by atoms with Gasteiger partial charge in [0.1, 0.15) is 6.10 Å². The van der Waals surface area contributed by atoms with Gasteiger partial charge in [-0.25, -0.2) is 0 Å². The fourth-order valence-corrected chi connectivity index (χ4v) is 1.14. The lowest BCUT2D eigenvalue weighted by Gasteiger charge is -2.17. The van der Waals surface area contributed by atoms with Gasteiger partial charge in [0.15, 0.2) is 0 Å². The number of aliphatic carboxylic acids is 1. The van der Waals surface area contributed by atoms with Gasteiger partial charge in [-0.3, -0.25) is 4.79 Å². The first-order valence-corrected chi connectivity index (χ1v) is 4.72. The molecule has 0 saturated carbocycles. The van der Waals surface area contributed by atoms with Crippen LogP contribution in [0.4, 0.5) is 0 Å². The van der Waals surface area contributed by atoms with Gasteiger partial charge in [-0.1, -0.05) is 13.8 Å². The highest BCUT2D eigenvalue weighted by Crippen LogP contribution is 2.11. The number of carboxylic acid groups (broad SMARTS) is 1. The molecule has 0 rings (SSSR count). The highest BCUT2D eigenvalue weighted by molar-refractivity contribution is 5.67. The van der Waals surface area contributed by atoms with Gasteiger partial charge < -0.3 is 9.84 Å². The third-order valence-electron chi connectivity index (χ3n) is 1.69. The molecule has 14 heavy (non-hydrogen) atoms. The quantitative estimate of drug-likeness (QED) is 0.708. The number of carbonyl (C=O) groups is 1. The second kappa shape index (κ2) is 6.39. The Morgan fingerprint density at radius 2 is 2.07 bits per heavy atom. The van der Waals surface area contributed by atoms with Crippen molar-refractivity contribution < 1.29 is 14.6 Å². The summed E-state index contributed by atoms with van der Waals surface area (Å²) in [4.78, 5) is 10.3. The van der Waals surface area contributed by atoms with Gasteiger partial charge >= 0.3 is 5.97 Å². The Morgan fingerprint density at radius 3 is 2.43 bits per heavy atom. The van der Waals surface area contributed by atoms with E-state index in [1.165, 1.54) is 0 Å². The summed E-state index contributed by atoms with van der Waals surface area (Å²) in [7, 11) is 0. The minimum atomic E-state index is -0.904. The molecule has 2 unspecified atom stereocenters. The molecule has 0 aromatic carbocycles. The van der Waals surface area contributed by atoms with Gasteiger partial charge in [-0.2, -0.15) is 5.26 Å². The molecule has 0 bridgehead atoms. The minimum absolute atomic E-state index is 0.0593. The van der Waals surface area contributed by atoms with Gasteiger partial charge in [-0.15, -0.1) is 0 Å². The van der Waals surface area contributed by atoms with Crippen molar-refractivity contribution in [3.63, 3.8) is 0 Å². The number of hydrogen-bond acceptors (Lipinski definition) is 3. The third kappa shape index (κ3) is 6.44. The fourth-order valence-electron chi connectivity index (χ4n) is 1.14. The summed E-state index contributed by atoms with van der Waals surface area (Å²) in [6.45, 7) is 5.66. The maximum absolute atomic E-state index is 10.3. The Kier molecular flexibility index (Phi) is 5.89. The Morgan fingerprint density at radius 1 is 1.50 bits per heavy atom. The van der Waals surface area contributed by atoms with E-state index in [-0.39, 0.29) is 6.42 Å². The second-order valence-corrected chi connectivity index (χ2v) is 3.79. The number of rotatable bonds is 6. The largest absolute Gasteiger partial charge is 0.481 e. The molecule has 0 saturated heterocycles. The van der Waals surface area contributed by atoms with Crippen molar-refractivity contribution in [2.75, 3.05) is 0 Å². The lowest BCUT2D eigenvalue weighted by atomic mass is 10.1. The molecule has 0 heterocycles. The molecule has 0 aliphatic rings. The van der Waals surface area contributed by atoms with Crippen LogP contribution in [0.25, 0.3) is 0 Å². The highest BCUT2D eigenvalue weighted by atomic mass is 16.5. The van der Waals surface area contributed by atoms with Crippen LogP contribution in [0.5, 0.6) is 0 Å². The van der Waals surface area contributed by atoms with E-state index in [2.05, 4.69) is 0 Å². The zero-order valence-corrected chi connectivity index (χ0v) is 8.86. The molecule has 0 fully saturated rings. The van der Waals surface area contributed by atoms with Crippen molar-refractivity contribution in [1.29, 1.82) is 5.26 Å². The van der Waals surface area contributed by atoms with E-state index < -0.39 is 18.2 Å². The van der Waals surface area contributed by atoms with Crippen molar-refractivity contribution in [2.24, 2.45) is 5.92 Å². The topological polar surface area (TPSA) is 70.3 Å². The van der Waals surface area contributed by atoms with Gasteiger partial charge in [0, 0.05) is 0 Å². The lowest BCUT2D eigenvalue weighted by molar-refractivity contribution is -0.140. The van der Waals surface area contributed by atoms with E-state index in [0.717, 1.165) is 0 Å². The molecule has 0 aliphatic heterocycles. The molecule has 0 amide bonds. The summed E-state index contributed by atoms with van der Waals surface area (Å²) in [5.74, 6) is -0.532. The summed E-state index contributed by atoms with van der Waals surface area (Å²) in [6.07, 6.45) is -0.322. The van der Waals surface area contributed by atoms with Gasteiger partial charge in [0.2, 0.25) is 0 Å². The van der Waals surface area contributed by atoms with Gasteiger partial charge in [-0.05, 0) is 19.3 Å². The molecule has 2 atom stereocenters. The first kappa shape index (κ1) is 12.9. The molecule has 0 spiro atoms. The number of ether oxygens (including phenoxy) is 1. The zero-order chi connectivity index (χ0) is 11.1. The van der Waals surface area contributed by atoms with E-state index in [4.69, 9.17) is 15.1 Å². The summed E-state index contributed by atoms with van der Waals surface area (Å²) in [5.41, 5.74) is 0. The first-order valence-electron chi connectivity index (χ1n) is 4.72. The van der Waals surface area contributed by atoms with Crippen LogP contribution in [0.3, 0.4) is 0 Å². The molecular formula is C10H17NO3. The average Bonchev–Trinajstić information content (AvgIpc) is 2.00. The molecule has 0 aromatic heterocycles. The average molecular weight is 199 g/mol. The van der Waals surface area contributed by atoms with Crippen molar-refractivity contribution in [2.45, 2.75) is 45.8 Å². The monoisotopic (exact) mass is 199 g/mol. The molecular weight excluding hydrogens is 182 g/mol. The predicted octanol–water partition coefficient (Wildman–Crippen LogP) is 1.80. The molecule has 0 aliphatic carbocycles. The Bertz CT molecular complexity index is 220. The van der Waals surface area contributed by atoms with E-state index >= 15 is 0 Å². The van der Waals surface area contributed by atoms with Crippen LogP contribution in [0.1, 0.15) is 33.6 Å². The lowest BCUT2D eigenvalue weighted by Crippen LogP contribution is -2.22. The van der Waals surface area contributed by atoms with Crippen molar-refractivity contribution in [3.8, 4) is 6.07 Å². The van der Waals surface area contributed by atoms with Crippen LogP contribution in [0.2, 0.25) is 0 Å². The van der Waals surface area contributed by atoms with E-state index in [1.54, 1.807) is 6.92 Å². The van der Waals surface area contributed by atoms with Crippen LogP contribution in [-0.2, 0) is 9.53 Å². The summed E-state index contributed by atoms with van der Waals surface area (Å²) in [5, 5.41) is 17.2. The summed E-state index contributed by atoms with van der Waals surface area (Å²) >= 11 is 0. The maximum Gasteiger partial charge on any atom is 0.305 e. The Balaban J connectivity index is 3.93. The number of nitrogens with zero attached hydrogens (tertiary/aromatic N) is 1. The molecule has 0 aromatic rings. The zero-order valence-electron chi connectivity index (χ0n) is 8.86. The summed E-state index contributed by atoms with van der Waals surface area (Å²) < 4.78 is 5.28. The molecule has 4 heteroatoms. The molecule has 0 radical (unpaired) electrons. The Labute approximate surface area is 84.5 Å². The highest BCUT2D eigenvalue weighted by Gasteiger charge is 2.16. The summed E-state index contributed by atoms with van der Waals surface area (Å²) in [6, 6.07) is 2.02. The SMILES string of the molecule is CC(C)CC(C#N)OC(C)CC(=O)O. The minimum Gasteiger partial charge on any atom is -0.481 e. The Hall–Kier alpha value is -1.08. The van der Waals surface area contributed by atoms with Gasteiger partial charge in [0.25, 0.3) is 0 Å². The van der Waals surface area contributed by atoms with Crippen molar-refractivity contribution in [3.05, 3.63) is 0 Å². The maximum atomic E-state index is 10.3. The predicted molar refractivity (Wildman–Crippen MR) is 51.7 cm³/mol. The van der Waals surface area contributed by atoms with E-state index in [0.29, 0.717) is 12.3 Å². The number of nitriles is 1. The third-order valence-corrected chi connectivity index (χ3v) is 1.69. The van der Waals surface area contributed by atoms with Crippen LogP contribution in [0, 0.1) is 17.2 Å². The normalized spacial score (nSPS) is 14.8. The van der Waals surface area contributed by atoms with Crippen LogP contribution in [-0.4, -0.2) is 23.3 Å². The van der Waals surface area contributed by atoms with Crippen LogP contribution >= 0.6 is 0 Å². The van der Waals surface area contributed by atoms with Crippen molar-refractivity contribution in [1.82, 2.24) is 0 Å². The molecule has 80 valence electrons. The second-order valence-electron chi connectivity index (χ2n) is 3.79. The van der Waals surface area contributed by atoms with Crippen molar-refractivity contribution >= 4 is 5.97 Å². The number of hydrogen-bond donors (Lipinski definition) is 1. The van der Waals surface area contributed by atoms with Crippen LogP contribution < -0.4 is 0 Å². The molecule has 4 nitrogen and oxygen atoms in total. The fraction of sp³-hybridized carbons (Fsp3) is 0.800. The van der Waals surface area contributed by atoms with E-state index in [1.807, 2.05) is 19.9 Å². The molecule has 1 N–H and O–H groups in total. The smallest absolute Gasteiger partial charge is 0.305 e. The first-order chi connectivity index (χ1) is 6.45. The van der Waals surface area contributed by atoms with E-state index in [9.17, 15) is 4.79 Å². The van der Waals surface area contributed by atoms with Gasteiger partial charge in [0.05, 0.1) is 18.6 Å². The van der Waals surface area contributed by atoms with Crippen LogP contribution in [0.15, 0.2) is 0 Å². The standard InChI is InChI=1S/C10H17NO3/c1-7(2)4-9(6-11)14-8(3)5-10(12)13/h7-9H,4-5H2,1-3H3,(H,12,13).